The highest BCUT2D eigenvalue weighted by molar-refractivity contribution is 5.92. The summed E-state index contributed by atoms with van der Waals surface area (Å²) in [6.45, 7) is 3.80. The maximum atomic E-state index is 13.2. The minimum Gasteiger partial charge on any atom is -0.323 e. The quantitative estimate of drug-likeness (QED) is 0.758. The summed E-state index contributed by atoms with van der Waals surface area (Å²) in [4.78, 5) is 12.3. The van der Waals surface area contributed by atoms with E-state index in [0.717, 1.165) is 28.3 Å². The van der Waals surface area contributed by atoms with Crippen molar-refractivity contribution < 1.29 is 9.18 Å². The van der Waals surface area contributed by atoms with Gasteiger partial charge in [0.15, 0.2) is 0 Å². The second-order valence-electron chi connectivity index (χ2n) is 5.97. The predicted molar refractivity (Wildman–Crippen MR) is 96.4 cm³/mol. The van der Waals surface area contributed by atoms with Gasteiger partial charge in [-0.2, -0.15) is 5.10 Å². The van der Waals surface area contributed by atoms with Gasteiger partial charge in [-0.15, -0.1) is 0 Å². The number of benzene rings is 2. The summed E-state index contributed by atoms with van der Waals surface area (Å²) in [5.41, 5.74) is 4.13. The van der Waals surface area contributed by atoms with Crippen molar-refractivity contribution in [3.8, 4) is 5.69 Å². The highest BCUT2D eigenvalue weighted by Crippen LogP contribution is 2.23. The number of aromatic nitrogens is 2. The number of nitrogens with zero attached hydrogens (tertiary/aromatic N) is 2. The first-order valence-corrected chi connectivity index (χ1v) is 8.20. The fourth-order valence-corrected chi connectivity index (χ4v) is 2.80. The largest absolute Gasteiger partial charge is 0.323 e. The smallest absolute Gasteiger partial charge is 0.224 e. The van der Waals surface area contributed by atoms with Gasteiger partial charge in [0.25, 0.3) is 0 Å². The summed E-state index contributed by atoms with van der Waals surface area (Å²) in [5.74, 6) is -0.392. The molecule has 5 heteroatoms. The highest BCUT2D eigenvalue weighted by Gasteiger charge is 2.15. The first-order valence-electron chi connectivity index (χ1n) is 8.20. The molecule has 0 fully saturated rings. The lowest BCUT2D eigenvalue weighted by molar-refractivity contribution is -0.116. The molecule has 25 heavy (non-hydrogen) atoms. The van der Waals surface area contributed by atoms with Crippen LogP contribution in [0.5, 0.6) is 0 Å². The summed E-state index contributed by atoms with van der Waals surface area (Å²) in [5, 5.41) is 7.45. The Morgan fingerprint density at radius 3 is 2.60 bits per heavy atom. The van der Waals surface area contributed by atoms with Crippen LogP contribution in [-0.2, 0) is 11.2 Å². The van der Waals surface area contributed by atoms with Crippen LogP contribution in [0, 0.1) is 19.7 Å². The lowest BCUT2D eigenvalue weighted by Gasteiger charge is -2.07. The molecular weight excluding hydrogens is 317 g/mol. The zero-order valence-electron chi connectivity index (χ0n) is 14.3. The van der Waals surface area contributed by atoms with Crippen LogP contribution in [0.25, 0.3) is 5.69 Å². The highest BCUT2D eigenvalue weighted by atomic mass is 19.1. The summed E-state index contributed by atoms with van der Waals surface area (Å²) in [6, 6.07) is 16.1. The lowest BCUT2D eigenvalue weighted by atomic mass is 10.1. The van der Waals surface area contributed by atoms with Crippen molar-refractivity contribution in [3.63, 3.8) is 0 Å². The van der Waals surface area contributed by atoms with Gasteiger partial charge < -0.3 is 5.32 Å². The van der Waals surface area contributed by atoms with Crippen LogP contribution in [0.2, 0.25) is 0 Å². The van der Waals surface area contributed by atoms with Gasteiger partial charge in [-0.1, -0.05) is 30.3 Å². The molecule has 128 valence electrons. The van der Waals surface area contributed by atoms with Crippen LogP contribution in [-0.4, -0.2) is 15.7 Å². The Kier molecular flexibility index (Phi) is 4.93. The molecule has 2 aromatic carbocycles. The Hall–Kier alpha value is -2.95. The second kappa shape index (κ2) is 7.30. The minimum absolute atomic E-state index is 0.108. The summed E-state index contributed by atoms with van der Waals surface area (Å²) in [7, 11) is 0. The molecule has 0 atom stereocenters. The molecule has 0 radical (unpaired) electrons. The number of anilines is 1. The topological polar surface area (TPSA) is 46.9 Å². The summed E-state index contributed by atoms with van der Waals surface area (Å²) >= 11 is 0. The molecule has 0 saturated heterocycles. The Balaban J connectivity index is 1.70. The van der Waals surface area contributed by atoms with E-state index in [0.29, 0.717) is 12.8 Å². The molecule has 3 aromatic rings. The third-order valence-electron chi connectivity index (χ3n) is 4.09. The van der Waals surface area contributed by atoms with Crippen LogP contribution in [0.4, 0.5) is 10.1 Å². The van der Waals surface area contributed by atoms with E-state index in [1.807, 2.05) is 54.9 Å². The summed E-state index contributed by atoms with van der Waals surface area (Å²) < 4.78 is 15.0. The van der Waals surface area contributed by atoms with Crippen molar-refractivity contribution in [2.24, 2.45) is 0 Å². The fourth-order valence-electron chi connectivity index (χ4n) is 2.80. The number of carbonyl (C=O) groups is 1. The van der Waals surface area contributed by atoms with Gasteiger partial charge in [-0.25, -0.2) is 9.07 Å². The summed E-state index contributed by atoms with van der Waals surface area (Å²) in [6.07, 6.45) is 0.785. The molecular formula is C20H20FN3O. The van der Waals surface area contributed by atoms with Crippen LogP contribution < -0.4 is 5.32 Å². The van der Waals surface area contributed by atoms with Crippen LogP contribution in [0.3, 0.4) is 0 Å². The van der Waals surface area contributed by atoms with E-state index in [2.05, 4.69) is 10.4 Å². The number of halogens is 1. The van der Waals surface area contributed by atoms with Crippen molar-refractivity contribution in [2.45, 2.75) is 26.7 Å². The molecule has 0 aliphatic heterocycles. The third-order valence-corrected chi connectivity index (χ3v) is 4.09. The Bertz CT molecular complexity index is 887. The molecule has 1 N–H and O–H groups in total. The molecule has 4 nitrogen and oxygen atoms in total. The minimum atomic E-state index is -0.284. The molecule has 0 aliphatic carbocycles. The molecule has 0 aliphatic rings. The Morgan fingerprint density at radius 1 is 1.12 bits per heavy atom. The number of aryl methyl sites for hydroxylation is 2. The van der Waals surface area contributed by atoms with Gasteiger partial charge >= 0.3 is 0 Å². The van der Waals surface area contributed by atoms with Gasteiger partial charge in [0, 0.05) is 6.42 Å². The zero-order chi connectivity index (χ0) is 17.8. The van der Waals surface area contributed by atoms with E-state index < -0.39 is 0 Å². The fraction of sp³-hybridized carbons (Fsp3) is 0.200. The zero-order valence-corrected chi connectivity index (χ0v) is 14.3. The van der Waals surface area contributed by atoms with Gasteiger partial charge in [-0.3, -0.25) is 4.79 Å². The average molecular weight is 337 g/mol. The molecule has 0 saturated carbocycles. The molecule has 1 aromatic heterocycles. The SMILES string of the molecule is Cc1nn(-c2ccccc2)c(C)c1NC(=O)CCc1cccc(F)c1. The number of amides is 1. The molecule has 0 unspecified atom stereocenters. The predicted octanol–water partition coefficient (Wildman–Crippen LogP) is 4.20. The Morgan fingerprint density at radius 2 is 1.88 bits per heavy atom. The molecule has 0 bridgehead atoms. The molecule has 3 rings (SSSR count). The van der Waals surface area contributed by atoms with E-state index >= 15 is 0 Å². The standard InChI is InChI=1S/C20H20FN3O/c1-14-20(15(2)24(23-14)18-9-4-3-5-10-18)22-19(25)12-11-16-7-6-8-17(21)13-16/h3-10,13H,11-12H2,1-2H3,(H,22,25). The number of para-hydroxylation sites is 1. The van der Waals surface area contributed by atoms with E-state index in [1.165, 1.54) is 12.1 Å². The maximum absolute atomic E-state index is 13.2. The first-order chi connectivity index (χ1) is 12.0. The number of rotatable bonds is 5. The van der Waals surface area contributed by atoms with Crippen molar-refractivity contribution in [1.29, 1.82) is 0 Å². The third kappa shape index (κ3) is 3.94. The average Bonchev–Trinajstić information content (AvgIpc) is 2.89. The van der Waals surface area contributed by atoms with Crippen LogP contribution >= 0.6 is 0 Å². The Labute approximate surface area is 146 Å². The van der Waals surface area contributed by atoms with Crippen LogP contribution in [0.15, 0.2) is 54.6 Å². The monoisotopic (exact) mass is 337 g/mol. The second-order valence-corrected chi connectivity index (χ2v) is 5.97. The van der Waals surface area contributed by atoms with Crippen LogP contribution in [0.1, 0.15) is 23.4 Å². The van der Waals surface area contributed by atoms with E-state index in [-0.39, 0.29) is 11.7 Å². The number of hydrogen-bond acceptors (Lipinski definition) is 2. The van der Waals surface area contributed by atoms with Crippen molar-refractivity contribution in [1.82, 2.24) is 9.78 Å². The molecule has 0 spiro atoms. The number of nitrogens with one attached hydrogen (secondary N) is 1. The van der Waals surface area contributed by atoms with Crippen molar-refractivity contribution in [3.05, 3.63) is 77.4 Å². The van der Waals surface area contributed by atoms with E-state index in [9.17, 15) is 9.18 Å². The number of carbonyl (C=O) groups excluding carboxylic acids is 1. The van der Waals surface area contributed by atoms with E-state index in [1.54, 1.807) is 6.07 Å². The van der Waals surface area contributed by atoms with Gasteiger partial charge in [0.05, 0.1) is 22.8 Å². The van der Waals surface area contributed by atoms with Crippen molar-refractivity contribution >= 4 is 11.6 Å². The lowest BCUT2D eigenvalue weighted by Crippen LogP contribution is -2.13. The normalized spacial score (nSPS) is 10.7. The van der Waals surface area contributed by atoms with Gasteiger partial charge in [0.2, 0.25) is 5.91 Å². The number of hydrogen-bond donors (Lipinski definition) is 1. The molecule has 1 amide bonds. The van der Waals surface area contributed by atoms with Gasteiger partial charge in [-0.05, 0) is 50.1 Å². The molecule has 1 heterocycles. The maximum Gasteiger partial charge on any atom is 0.224 e. The van der Waals surface area contributed by atoms with Gasteiger partial charge in [0.1, 0.15) is 5.82 Å². The van der Waals surface area contributed by atoms with Crippen molar-refractivity contribution in [2.75, 3.05) is 5.32 Å². The first kappa shape index (κ1) is 16.9. The van der Waals surface area contributed by atoms with E-state index in [4.69, 9.17) is 0 Å².